The van der Waals surface area contributed by atoms with Crippen LogP contribution < -0.4 is 5.32 Å². The van der Waals surface area contributed by atoms with Crippen molar-refractivity contribution in [3.63, 3.8) is 0 Å². The van der Waals surface area contributed by atoms with E-state index in [2.05, 4.69) is 0 Å². The number of benzene rings is 1. The first kappa shape index (κ1) is 11.1. The van der Waals surface area contributed by atoms with E-state index in [1.165, 1.54) is 12.1 Å². The van der Waals surface area contributed by atoms with Crippen LogP contribution in [0.1, 0.15) is 0 Å². The van der Waals surface area contributed by atoms with Crippen LogP contribution in [0, 0.1) is 5.82 Å². The highest BCUT2D eigenvalue weighted by molar-refractivity contribution is 6.30. The number of hydrogen-bond donors (Lipinski definition) is 1. The minimum Gasteiger partial charge on any atom is -0.376 e. The first-order chi connectivity index (χ1) is 6.38. The summed E-state index contributed by atoms with van der Waals surface area (Å²) in [6.45, 7) is -1.20. The lowest BCUT2D eigenvalue weighted by Gasteiger charge is -2.09. The van der Waals surface area contributed by atoms with E-state index in [0.717, 1.165) is 6.07 Å². The second-order valence-corrected chi connectivity index (χ2v) is 3.00. The van der Waals surface area contributed by atoms with Gasteiger partial charge in [0.1, 0.15) is 12.4 Å². The molecule has 0 saturated carbocycles. The van der Waals surface area contributed by atoms with Crippen molar-refractivity contribution in [3.8, 4) is 0 Å². The molecule has 0 unspecified atom stereocenters. The maximum absolute atomic E-state index is 12.7. The molecule has 0 spiro atoms. The number of hydrogen-bond acceptors (Lipinski definition) is 1. The van der Waals surface area contributed by atoms with Crippen LogP contribution in [0.25, 0.3) is 0 Å². The summed E-state index contributed by atoms with van der Waals surface area (Å²) >= 11 is 5.35. The second kappa shape index (κ2) is 4.04. The van der Waals surface area contributed by atoms with E-state index in [1.54, 1.807) is 0 Å². The molecule has 1 aromatic carbocycles. The van der Waals surface area contributed by atoms with E-state index in [-0.39, 0.29) is 10.7 Å². The average molecular weight is 228 g/mol. The van der Waals surface area contributed by atoms with Crippen LogP contribution >= 0.6 is 11.6 Å². The van der Waals surface area contributed by atoms with Gasteiger partial charge in [-0.2, -0.15) is 13.2 Å². The first-order valence-electron chi connectivity index (χ1n) is 3.64. The van der Waals surface area contributed by atoms with Gasteiger partial charge in [0.15, 0.2) is 0 Å². The molecule has 0 atom stereocenters. The van der Waals surface area contributed by atoms with Gasteiger partial charge in [0.2, 0.25) is 0 Å². The summed E-state index contributed by atoms with van der Waals surface area (Å²) in [5.41, 5.74) is 0.0456. The normalized spacial score (nSPS) is 11.5. The molecule has 0 bridgehead atoms. The highest BCUT2D eigenvalue weighted by atomic mass is 35.5. The quantitative estimate of drug-likeness (QED) is 0.763. The molecule has 0 aromatic heterocycles. The van der Waals surface area contributed by atoms with Crippen molar-refractivity contribution in [1.29, 1.82) is 0 Å². The Morgan fingerprint density at radius 2 is 1.93 bits per heavy atom. The van der Waals surface area contributed by atoms with Crippen molar-refractivity contribution in [2.24, 2.45) is 0 Å². The maximum atomic E-state index is 12.7. The Kier molecular flexibility index (Phi) is 3.21. The number of halogens is 5. The van der Waals surface area contributed by atoms with Crippen LogP contribution in [-0.2, 0) is 0 Å². The lowest BCUT2D eigenvalue weighted by molar-refractivity contribution is -0.115. The molecule has 78 valence electrons. The van der Waals surface area contributed by atoms with E-state index in [1.807, 2.05) is 5.32 Å². The Bertz CT molecular complexity index is 324. The van der Waals surface area contributed by atoms with E-state index in [4.69, 9.17) is 11.6 Å². The molecule has 1 rings (SSSR count). The van der Waals surface area contributed by atoms with E-state index in [9.17, 15) is 17.6 Å². The Hall–Kier alpha value is -0.970. The molecule has 0 aliphatic rings. The molecule has 0 aliphatic heterocycles. The molecule has 1 N–H and O–H groups in total. The zero-order chi connectivity index (χ0) is 10.8. The van der Waals surface area contributed by atoms with Gasteiger partial charge in [0.25, 0.3) is 0 Å². The van der Waals surface area contributed by atoms with Gasteiger partial charge in [-0.25, -0.2) is 4.39 Å². The third kappa shape index (κ3) is 3.41. The minimum atomic E-state index is -4.32. The lowest BCUT2D eigenvalue weighted by atomic mass is 10.3. The minimum absolute atomic E-state index is 0.0456. The monoisotopic (exact) mass is 227 g/mol. The van der Waals surface area contributed by atoms with Crippen LogP contribution in [0.5, 0.6) is 0 Å². The van der Waals surface area contributed by atoms with Gasteiger partial charge < -0.3 is 5.32 Å². The zero-order valence-electron chi connectivity index (χ0n) is 6.83. The molecule has 1 nitrogen and oxygen atoms in total. The van der Waals surface area contributed by atoms with Gasteiger partial charge in [-0.1, -0.05) is 11.6 Å². The van der Waals surface area contributed by atoms with Gasteiger partial charge in [-0.15, -0.1) is 0 Å². The molecule has 0 aliphatic carbocycles. The number of rotatable bonds is 2. The Morgan fingerprint density at radius 1 is 1.29 bits per heavy atom. The Balaban J connectivity index is 2.65. The standard InChI is InChI=1S/C8H6ClF4N/c9-6-2-1-5(3-7(6)10)14-4-8(11,12)13/h1-3,14H,4H2. The summed E-state index contributed by atoms with van der Waals surface area (Å²) in [6.07, 6.45) is -4.32. The molecular weight excluding hydrogens is 222 g/mol. The average Bonchev–Trinajstić information content (AvgIpc) is 2.06. The zero-order valence-corrected chi connectivity index (χ0v) is 7.58. The summed E-state index contributed by atoms with van der Waals surface area (Å²) in [4.78, 5) is 0. The predicted octanol–water partition coefficient (Wildman–Crippen LogP) is 3.45. The van der Waals surface area contributed by atoms with Gasteiger partial charge in [-0.3, -0.25) is 0 Å². The number of anilines is 1. The topological polar surface area (TPSA) is 12.0 Å². The van der Waals surface area contributed by atoms with E-state index < -0.39 is 18.5 Å². The molecule has 0 amide bonds. The van der Waals surface area contributed by atoms with Crippen LogP contribution in [0.4, 0.5) is 23.2 Å². The highest BCUT2D eigenvalue weighted by Gasteiger charge is 2.26. The number of alkyl halides is 3. The summed E-state index contributed by atoms with van der Waals surface area (Å²) in [6, 6.07) is 3.38. The van der Waals surface area contributed by atoms with Crippen molar-refractivity contribution in [2.75, 3.05) is 11.9 Å². The van der Waals surface area contributed by atoms with Crippen molar-refractivity contribution < 1.29 is 17.6 Å². The molecule has 6 heteroatoms. The van der Waals surface area contributed by atoms with Crippen LogP contribution in [0.15, 0.2) is 18.2 Å². The summed E-state index contributed by atoms with van der Waals surface area (Å²) in [5, 5.41) is 1.91. The Labute approximate surface area is 82.7 Å². The van der Waals surface area contributed by atoms with Crippen molar-refractivity contribution >= 4 is 17.3 Å². The third-order valence-corrected chi connectivity index (χ3v) is 1.72. The lowest BCUT2D eigenvalue weighted by Crippen LogP contribution is -2.21. The van der Waals surface area contributed by atoms with E-state index >= 15 is 0 Å². The van der Waals surface area contributed by atoms with Gasteiger partial charge in [0, 0.05) is 5.69 Å². The summed E-state index contributed by atoms with van der Waals surface area (Å²) in [5.74, 6) is -0.751. The first-order valence-corrected chi connectivity index (χ1v) is 4.02. The number of nitrogens with one attached hydrogen (secondary N) is 1. The summed E-state index contributed by atoms with van der Waals surface area (Å²) < 4.78 is 48.0. The third-order valence-electron chi connectivity index (χ3n) is 1.41. The molecule has 0 fully saturated rings. The fraction of sp³-hybridized carbons (Fsp3) is 0.250. The predicted molar refractivity (Wildman–Crippen MR) is 46.0 cm³/mol. The molecule has 0 heterocycles. The smallest absolute Gasteiger partial charge is 0.376 e. The van der Waals surface area contributed by atoms with Crippen molar-refractivity contribution in [1.82, 2.24) is 0 Å². The second-order valence-electron chi connectivity index (χ2n) is 2.60. The highest BCUT2D eigenvalue weighted by Crippen LogP contribution is 2.20. The molecule has 0 radical (unpaired) electrons. The fourth-order valence-corrected chi connectivity index (χ4v) is 0.926. The van der Waals surface area contributed by atoms with Crippen molar-refractivity contribution in [3.05, 3.63) is 29.0 Å². The van der Waals surface area contributed by atoms with Crippen LogP contribution in [-0.4, -0.2) is 12.7 Å². The molecular formula is C8H6ClF4N. The molecule has 1 aromatic rings. The SMILES string of the molecule is Fc1cc(NCC(F)(F)F)ccc1Cl. The van der Waals surface area contributed by atoms with Crippen LogP contribution in [0.3, 0.4) is 0 Å². The van der Waals surface area contributed by atoms with Gasteiger partial charge in [-0.05, 0) is 18.2 Å². The summed E-state index contributed by atoms with van der Waals surface area (Å²) in [7, 11) is 0. The largest absolute Gasteiger partial charge is 0.405 e. The van der Waals surface area contributed by atoms with Crippen LogP contribution in [0.2, 0.25) is 5.02 Å². The van der Waals surface area contributed by atoms with Gasteiger partial charge in [0.05, 0.1) is 5.02 Å². The van der Waals surface area contributed by atoms with Gasteiger partial charge >= 0.3 is 6.18 Å². The van der Waals surface area contributed by atoms with Crippen molar-refractivity contribution in [2.45, 2.75) is 6.18 Å². The maximum Gasteiger partial charge on any atom is 0.405 e. The van der Waals surface area contributed by atoms with E-state index in [0.29, 0.717) is 0 Å². The molecule has 0 saturated heterocycles. The Morgan fingerprint density at radius 3 is 2.43 bits per heavy atom. The fourth-order valence-electron chi connectivity index (χ4n) is 0.808. The molecule has 14 heavy (non-hydrogen) atoms.